The molecule has 1 aliphatic rings. The molecule has 0 radical (unpaired) electrons. The van der Waals surface area contributed by atoms with Crippen molar-refractivity contribution in [3.8, 4) is 17.2 Å². The van der Waals surface area contributed by atoms with Crippen LogP contribution in [0.1, 0.15) is 5.56 Å². The second-order valence-corrected chi connectivity index (χ2v) is 3.90. The van der Waals surface area contributed by atoms with Crippen LogP contribution in [0, 0.1) is 0 Å². The number of fused-ring (bicyclic) bond motifs is 3. The van der Waals surface area contributed by atoms with E-state index >= 15 is 0 Å². The topological polar surface area (TPSA) is 53.7 Å². The molecule has 88 valence electrons. The molecule has 17 heavy (non-hydrogen) atoms. The highest BCUT2D eigenvalue weighted by molar-refractivity contribution is 5.96. The summed E-state index contributed by atoms with van der Waals surface area (Å²) in [5, 5.41) is 1.99. The molecule has 2 N–H and O–H groups in total. The van der Waals surface area contributed by atoms with Crippen LogP contribution in [0.25, 0.3) is 10.8 Å². The molecule has 0 saturated carbocycles. The van der Waals surface area contributed by atoms with Gasteiger partial charge in [-0.1, -0.05) is 0 Å². The van der Waals surface area contributed by atoms with Gasteiger partial charge in [0.1, 0.15) is 5.75 Å². The minimum atomic E-state index is 0.267. The first kappa shape index (κ1) is 10.2. The predicted octanol–water partition coefficient (Wildman–Crippen LogP) is 2.04. The number of hydrogen-bond acceptors (Lipinski definition) is 4. The van der Waals surface area contributed by atoms with E-state index in [0.717, 1.165) is 33.6 Å². The lowest BCUT2D eigenvalue weighted by Crippen LogP contribution is -1.98. The van der Waals surface area contributed by atoms with Crippen LogP contribution >= 0.6 is 0 Å². The maximum Gasteiger partial charge on any atom is 0.231 e. The molecule has 0 atom stereocenters. The summed E-state index contributed by atoms with van der Waals surface area (Å²) in [5.41, 5.74) is 6.69. The Hall–Kier alpha value is -1.94. The molecular weight excluding hydrogens is 218 g/mol. The minimum absolute atomic E-state index is 0.267. The fraction of sp³-hybridized carbons (Fsp3) is 0.231. The molecule has 0 bridgehead atoms. The van der Waals surface area contributed by atoms with E-state index in [1.807, 2.05) is 24.3 Å². The first-order valence-corrected chi connectivity index (χ1v) is 5.43. The van der Waals surface area contributed by atoms with E-state index in [1.54, 1.807) is 7.11 Å². The highest BCUT2D eigenvalue weighted by Crippen LogP contribution is 2.42. The van der Waals surface area contributed by atoms with Gasteiger partial charge in [-0.15, -0.1) is 0 Å². The normalized spacial score (nSPS) is 13.1. The summed E-state index contributed by atoms with van der Waals surface area (Å²) in [5.74, 6) is 2.35. The molecule has 4 heteroatoms. The molecule has 0 fully saturated rings. The maximum atomic E-state index is 5.68. The second-order valence-electron chi connectivity index (χ2n) is 3.90. The first-order valence-electron chi connectivity index (χ1n) is 5.43. The third-order valence-electron chi connectivity index (χ3n) is 2.94. The lowest BCUT2D eigenvalue weighted by molar-refractivity contribution is 0.175. The molecule has 0 aromatic heterocycles. The Morgan fingerprint density at radius 3 is 2.88 bits per heavy atom. The zero-order valence-electron chi connectivity index (χ0n) is 9.53. The summed E-state index contributed by atoms with van der Waals surface area (Å²) in [4.78, 5) is 0. The van der Waals surface area contributed by atoms with Crippen LogP contribution in [0.4, 0.5) is 0 Å². The van der Waals surface area contributed by atoms with Crippen LogP contribution in [0.5, 0.6) is 17.2 Å². The predicted molar refractivity (Wildman–Crippen MR) is 64.5 cm³/mol. The Bertz CT molecular complexity index is 580. The maximum absolute atomic E-state index is 5.68. The number of rotatable bonds is 2. The quantitative estimate of drug-likeness (QED) is 0.859. The van der Waals surface area contributed by atoms with Crippen molar-refractivity contribution < 1.29 is 14.2 Å². The van der Waals surface area contributed by atoms with Crippen molar-refractivity contribution in [3.05, 3.63) is 29.8 Å². The van der Waals surface area contributed by atoms with Gasteiger partial charge < -0.3 is 19.9 Å². The Morgan fingerprint density at radius 2 is 2.12 bits per heavy atom. The second kappa shape index (κ2) is 3.82. The van der Waals surface area contributed by atoms with Gasteiger partial charge >= 0.3 is 0 Å². The van der Waals surface area contributed by atoms with E-state index < -0.39 is 0 Å². The van der Waals surface area contributed by atoms with Gasteiger partial charge in [-0.05, 0) is 29.8 Å². The molecule has 1 aliphatic heterocycles. The molecule has 1 heterocycles. The smallest absolute Gasteiger partial charge is 0.231 e. The van der Waals surface area contributed by atoms with Crippen molar-refractivity contribution in [2.24, 2.45) is 5.73 Å². The van der Waals surface area contributed by atoms with Crippen molar-refractivity contribution in [2.75, 3.05) is 13.9 Å². The summed E-state index contributed by atoms with van der Waals surface area (Å²) >= 11 is 0. The van der Waals surface area contributed by atoms with Gasteiger partial charge in [0.2, 0.25) is 6.79 Å². The van der Waals surface area contributed by atoms with E-state index in [2.05, 4.69) is 0 Å². The summed E-state index contributed by atoms with van der Waals surface area (Å²) in [6.07, 6.45) is 0. The van der Waals surface area contributed by atoms with E-state index in [-0.39, 0.29) is 6.79 Å². The van der Waals surface area contributed by atoms with Gasteiger partial charge in [0.05, 0.1) is 7.11 Å². The highest BCUT2D eigenvalue weighted by atomic mass is 16.7. The Labute approximate surface area is 98.9 Å². The average Bonchev–Trinajstić information content (AvgIpc) is 2.85. The van der Waals surface area contributed by atoms with Gasteiger partial charge in [-0.2, -0.15) is 0 Å². The first-order chi connectivity index (χ1) is 8.33. The molecule has 0 aliphatic carbocycles. The van der Waals surface area contributed by atoms with E-state index in [9.17, 15) is 0 Å². The lowest BCUT2D eigenvalue weighted by atomic mass is 10.0. The number of nitrogens with two attached hydrogens (primary N) is 1. The zero-order chi connectivity index (χ0) is 11.8. The molecule has 2 aromatic carbocycles. The Balaban J connectivity index is 2.35. The molecule has 2 aromatic rings. The molecule has 0 saturated heterocycles. The van der Waals surface area contributed by atoms with Crippen LogP contribution in [-0.2, 0) is 6.54 Å². The highest BCUT2D eigenvalue weighted by Gasteiger charge is 2.18. The Kier molecular flexibility index (Phi) is 2.30. The van der Waals surface area contributed by atoms with Gasteiger partial charge in [-0.3, -0.25) is 0 Å². The molecule has 3 rings (SSSR count). The van der Waals surface area contributed by atoms with Gasteiger partial charge in [0, 0.05) is 17.3 Å². The average molecular weight is 231 g/mol. The molecular formula is C13H13NO3. The SMILES string of the molecule is COc1cc(CN)cc2c3c(ccc12)OCO3. The van der Waals surface area contributed by atoms with Gasteiger partial charge in [0.25, 0.3) is 0 Å². The van der Waals surface area contributed by atoms with Crippen LogP contribution < -0.4 is 19.9 Å². The van der Waals surface area contributed by atoms with E-state index in [0.29, 0.717) is 6.54 Å². The van der Waals surface area contributed by atoms with Crippen LogP contribution in [-0.4, -0.2) is 13.9 Å². The summed E-state index contributed by atoms with van der Waals surface area (Å²) in [7, 11) is 1.65. The van der Waals surface area contributed by atoms with Crippen LogP contribution in [0.2, 0.25) is 0 Å². The summed E-state index contributed by atoms with van der Waals surface area (Å²) < 4.78 is 16.2. The van der Waals surface area contributed by atoms with E-state index in [4.69, 9.17) is 19.9 Å². The number of methoxy groups -OCH3 is 1. The van der Waals surface area contributed by atoms with Crippen LogP contribution in [0.3, 0.4) is 0 Å². The number of hydrogen-bond donors (Lipinski definition) is 1. The van der Waals surface area contributed by atoms with Gasteiger partial charge in [0.15, 0.2) is 11.5 Å². The lowest BCUT2D eigenvalue weighted by Gasteiger charge is -2.10. The third kappa shape index (κ3) is 1.49. The molecule has 0 unspecified atom stereocenters. The molecule has 0 amide bonds. The summed E-state index contributed by atoms with van der Waals surface area (Å²) in [6, 6.07) is 7.84. The van der Waals surface area contributed by atoms with Gasteiger partial charge in [-0.25, -0.2) is 0 Å². The van der Waals surface area contributed by atoms with Crippen molar-refractivity contribution in [1.82, 2.24) is 0 Å². The van der Waals surface area contributed by atoms with Crippen molar-refractivity contribution >= 4 is 10.8 Å². The fourth-order valence-corrected chi connectivity index (χ4v) is 2.11. The largest absolute Gasteiger partial charge is 0.496 e. The molecule has 0 spiro atoms. The standard InChI is InChI=1S/C13H13NO3/c1-15-12-5-8(6-14)4-10-9(12)2-3-11-13(10)17-7-16-11/h2-5H,6-7,14H2,1H3. The minimum Gasteiger partial charge on any atom is -0.496 e. The zero-order valence-corrected chi connectivity index (χ0v) is 9.53. The number of benzene rings is 2. The monoisotopic (exact) mass is 231 g/mol. The van der Waals surface area contributed by atoms with Crippen molar-refractivity contribution in [2.45, 2.75) is 6.54 Å². The fourth-order valence-electron chi connectivity index (χ4n) is 2.11. The summed E-state index contributed by atoms with van der Waals surface area (Å²) in [6.45, 7) is 0.737. The van der Waals surface area contributed by atoms with E-state index in [1.165, 1.54) is 0 Å². The van der Waals surface area contributed by atoms with Crippen molar-refractivity contribution in [1.29, 1.82) is 0 Å². The Morgan fingerprint density at radius 1 is 1.24 bits per heavy atom. The van der Waals surface area contributed by atoms with Crippen LogP contribution in [0.15, 0.2) is 24.3 Å². The number of ether oxygens (including phenoxy) is 3. The molecule has 4 nitrogen and oxygen atoms in total. The van der Waals surface area contributed by atoms with Crippen molar-refractivity contribution in [3.63, 3.8) is 0 Å². The third-order valence-corrected chi connectivity index (χ3v) is 2.94.